The molecular formula is C16H15FN2O3S. The van der Waals surface area contributed by atoms with Crippen LogP contribution < -0.4 is 4.31 Å². The lowest BCUT2D eigenvalue weighted by Gasteiger charge is -2.24. The van der Waals surface area contributed by atoms with E-state index in [2.05, 4.69) is 0 Å². The van der Waals surface area contributed by atoms with Crippen LogP contribution in [-0.4, -0.2) is 26.7 Å². The summed E-state index contributed by atoms with van der Waals surface area (Å²) >= 11 is 0. The van der Waals surface area contributed by atoms with Gasteiger partial charge in [-0.3, -0.25) is 4.31 Å². The Morgan fingerprint density at radius 3 is 2.39 bits per heavy atom. The van der Waals surface area contributed by atoms with Gasteiger partial charge in [0.05, 0.1) is 30.5 Å². The molecule has 5 nitrogen and oxygen atoms in total. The van der Waals surface area contributed by atoms with E-state index < -0.39 is 27.3 Å². The maximum Gasteiger partial charge on any atom is 0.267 e. The van der Waals surface area contributed by atoms with Crippen LogP contribution in [0.5, 0.6) is 0 Å². The summed E-state index contributed by atoms with van der Waals surface area (Å²) in [5.41, 5.74) is 1.23. The Labute approximate surface area is 134 Å². The molecule has 120 valence electrons. The van der Waals surface area contributed by atoms with Gasteiger partial charge in [-0.05, 0) is 48.9 Å². The predicted octanol–water partition coefficient (Wildman–Crippen LogP) is 2.19. The van der Waals surface area contributed by atoms with Crippen LogP contribution in [0.3, 0.4) is 0 Å². The summed E-state index contributed by atoms with van der Waals surface area (Å²) in [6.45, 7) is 1.01. The van der Waals surface area contributed by atoms with Gasteiger partial charge < -0.3 is 5.11 Å². The summed E-state index contributed by atoms with van der Waals surface area (Å²) in [5.74, 6) is -0.846. The molecule has 0 amide bonds. The first-order valence-corrected chi connectivity index (χ1v) is 8.24. The first-order valence-electron chi connectivity index (χ1n) is 6.80. The number of hydrogen-bond donors (Lipinski definition) is 1. The van der Waals surface area contributed by atoms with Crippen LogP contribution in [0.1, 0.15) is 11.1 Å². The molecule has 2 rings (SSSR count). The highest BCUT2D eigenvalue weighted by molar-refractivity contribution is 7.92. The zero-order chi connectivity index (χ0) is 17.0. The summed E-state index contributed by atoms with van der Waals surface area (Å²) in [7, 11) is -4.17. The fourth-order valence-corrected chi connectivity index (χ4v) is 3.62. The average Bonchev–Trinajstić information content (AvgIpc) is 2.52. The number of nitriles is 1. The molecule has 0 aliphatic heterocycles. The number of aryl methyl sites for hydroxylation is 1. The van der Waals surface area contributed by atoms with Gasteiger partial charge in [0.25, 0.3) is 10.0 Å². The average molecular weight is 334 g/mol. The summed E-state index contributed by atoms with van der Waals surface area (Å²) in [6.07, 6.45) is 0. The second-order valence-corrected chi connectivity index (χ2v) is 6.72. The number of rotatable bonds is 5. The molecule has 0 spiro atoms. The molecule has 0 atom stereocenters. The van der Waals surface area contributed by atoms with Gasteiger partial charge in [-0.15, -0.1) is 0 Å². The van der Waals surface area contributed by atoms with Crippen LogP contribution in [-0.2, 0) is 10.0 Å². The van der Waals surface area contributed by atoms with E-state index in [9.17, 15) is 17.9 Å². The maximum atomic E-state index is 14.1. The molecule has 0 unspecified atom stereocenters. The Balaban J connectivity index is 2.52. The van der Waals surface area contributed by atoms with Crippen molar-refractivity contribution in [1.82, 2.24) is 0 Å². The molecule has 0 aliphatic carbocycles. The third kappa shape index (κ3) is 3.50. The fourth-order valence-electron chi connectivity index (χ4n) is 2.11. The number of aliphatic hydroxyl groups is 1. The van der Waals surface area contributed by atoms with Crippen LogP contribution in [0, 0.1) is 24.1 Å². The highest BCUT2D eigenvalue weighted by atomic mass is 32.2. The zero-order valence-corrected chi connectivity index (χ0v) is 13.2. The molecule has 0 aromatic heterocycles. The molecule has 7 heteroatoms. The van der Waals surface area contributed by atoms with Crippen molar-refractivity contribution in [2.75, 3.05) is 17.5 Å². The van der Waals surface area contributed by atoms with Crippen molar-refractivity contribution >= 4 is 15.7 Å². The first-order chi connectivity index (χ1) is 10.9. The van der Waals surface area contributed by atoms with Crippen molar-refractivity contribution in [2.24, 2.45) is 0 Å². The summed E-state index contributed by atoms with van der Waals surface area (Å²) < 4.78 is 40.4. The summed E-state index contributed by atoms with van der Waals surface area (Å²) in [4.78, 5) is -0.457. The third-order valence-corrected chi connectivity index (χ3v) is 5.10. The number of halogens is 1. The van der Waals surface area contributed by atoms with Crippen molar-refractivity contribution in [3.63, 3.8) is 0 Å². The van der Waals surface area contributed by atoms with Gasteiger partial charge in [-0.2, -0.15) is 5.26 Å². The second-order valence-electron chi connectivity index (χ2n) is 4.89. The van der Waals surface area contributed by atoms with Gasteiger partial charge >= 0.3 is 0 Å². The van der Waals surface area contributed by atoms with Gasteiger partial charge in [-0.1, -0.05) is 6.07 Å². The van der Waals surface area contributed by atoms with Crippen molar-refractivity contribution in [3.8, 4) is 6.07 Å². The van der Waals surface area contributed by atoms with Gasteiger partial charge in [-0.25, -0.2) is 12.8 Å². The Kier molecular flexibility index (Phi) is 4.98. The fraction of sp³-hybridized carbons (Fsp3) is 0.188. The molecule has 0 radical (unpaired) electrons. The van der Waals surface area contributed by atoms with Gasteiger partial charge in [0.15, 0.2) is 0 Å². The molecule has 0 fully saturated rings. The highest BCUT2D eigenvalue weighted by Crippen LogP contribution is 2.26. The molecule has 0 heterocycles. The van der Waals surface area contributed by atoms with Crippen molar-refractivity contribution in [2.45, 2.75) is 11.8 Å². The van der Waals surface area contributed by atoms with Gasteiger partial charge in [0.1, 0.15) is 10.7 Å². The SMILES string of the molecule is Cc1ccc(S(=O)(=O)N(CCO)c2ccc(C#N)cc2)c(F)c1. The third-order valence-electron chi connectivity index (χ3n) is 3.24. The van der Waals surface area contributed by atoms with Crippen LogP contribution in [0.25, 0.3) is 0 Å². The number of benzene rings is 2. The van der Waals surface area contributed by atoms with E-state index in [4.69, 9.17) is 5.26 Å². The first kappa shape index (κ1) is 16.9. The van der Waals surface area contributed by atoms with Crippen LogP contribution in [0.15, 0.2) is 47.4 Å². The molecule has 0 saturated heterocycles. The lowest BCUT2D eigenvalue weighted by Crippen LogP contribution is -2.34. The number of anilines is 1. The zero-order valence-electron chi connectivity index (χ0n) is 12.4. The van der Waals surface area contributed by atoms with E-state index in [1.54, 1.807) is 6.92 Å². The standard InChI is InChI=1S/C16H15FN2O3S/c1-12-2-7-16(15(17)10-12)23(21,22)19(8-9-20)14-5-3-13(11-18)4-6-14/h2-7,10,20H,8-9H2,1H3. The normalized spacial score (nSPS) is 11.0. The Bertz CT molecular complexity index is 843. The molecule has 1 N–H and O–H groups in total. The minimum absolute atomic E-state index is 0.221. The van der Waals surface area contributed by atoms with Crippen LogP contribution >= 0.6 is 0 Å². The minimum atomic E-state index is -4.17. The number of nitrogens with zero attached hydrogens (tertiary/aromatic N) is 2. The molecule has 23 heavy (non-hydrogen) atoms. The molecule has 0 bridgehead atoms. The van der Waals surface area contributed by atoms with E-state index in [1.807, 2.05) is 6.07 Å². The van der Waals surface area contributed by atoms with Crippen LogP contribution in [0.2, 0.25) is 0 Å². The topological polar surface area (TPSA) is 81.4 Å². The predicted molar refractivity (Wildman–Crippen MR) is 83.9 cm³/mol. The lowest BCUT2D eigenvalue weighted by atomic mass is 10.2. The second kappa shape index (κ2) is 6.77. The molecule has 0 aliphatic rings. The molecule has 2 aromatic rings. The van der Waals surface area contributed by atoms with Gasteiger partial charge in [0, 0.05) is 0 Å². The van der Waals surface area contributed by atoms with Crippen molar-refractivity contribution in [1.29, 1.82) is 5.26 Å². The molecule has 2 aromatic carbocycles. The number of aliphatic hydroxyl groups excluding tert-OH is 1. The quantitative estimate of drug-likeness (QED) is 0.909. The largest absolute Gasteiger partial charge is 0.394 e. The summed E-state index contributed by atoms with van der Waals surface area (Å²) in [5, 5.41) is 18.0. The smallest absolute Gasteiger partial charge is 0.267 e. The molecule has 0 saturated carbocycles. The molecular weight excluding hydrogens is 319 g/mol. The summed E-state index contributed by atoms with van der Waals surface area (Å²) in [6, 6.07) is 11.6. The van der Waals surface area contributed by atoms with Crippen LogP contribution in [0.4, 0.5) is 10.1 Å². The number of sulfonamides is 1. The minimum Gasteiger partial charge on any atom is -0.394 e. The van der Waals surface area contributed by atoms with E-state index in [1.165, 1.54) is 36.4 Å². The van der Waals surface area contributed by atoms with E-state index in [0.29, 0.717) is 11.1 Å². The maximum absolute atomic E-state index is 14.1. The Morgan fingerprint density at radius 1 is 1.22 bits per heavy atom. The highest BCUT2D eigenvalue weighted by Gasteiger charge is 2.27. The van der Waals surface area contributed by atoms with Crippen molar-refractivity contribution < 1.29 is 17.9 Å². The van der Waals surface area contributed by atoms with E-state index in [0.717, 1.165) is 10.4 Å². The van der Waals surface area contributed by atoms with E-state index in [-0.39, 0.29) is 12.2 Å². The lowest BCUT2D eigenvalue weighted by molar-refractivity contribution is 0.306. The van der Waals surface area contributed by atoms with Crippen molar-refractivity contribution in [3.05, 3.63) is 59.4 Å². The van der Waals surface area contributed by atoms with Gasteiger partial charge in [0.2, 0.25) is 0 Å². The Morgan fingerprint density at radius 2 is 1.87 bits per heavy atom. The number of hydrogen-bond acceptors (Lipinski definition) is 4. The van der Waals surface area contributed by atoms with E-state index >= 15 is 0 Å². The monoisotopic (exact) mass is 334 g/mol. The Hall–Kier alpha value is -2.43.